The lowest BCUT2D eigenvalue weighted by Crippen LogP contribution is -2.49. The second kappa shape index (κ2) is 17.6. The Kier molecular flexibility index (Phi) is 15.6. The molecule has 0 bridgehead atoms. The van der Waals surface area contributed by atoms with E-state index in [1.807, 2.05) is 0 Å². The highest BCUT2D eigenvalue weighted by Crippen LogP contribution is 2.37. The van der Waals surface area contributed by atoms with Crippen LogP contribution in [0, 0.1) is 11.8 Å². The first-order valence-corrected chi connectivity index (χ1v) is 13.6. The largest absolute Gasteiger partial charge is 0.465 e. The van der Waals surface area contributed by atoms with E-state index in [1.54, 1.807) is 0 Å². The number of esters is 3. The first-order valence-electron chi connectivity index (χ1n) is 13.6. The lowest BCUT2D eigenvalue weighted by atomic mass is 9.77. The number of unbranched alkanes of at least 4 members (excludes halogenated alkanes) is 6. The fourth-order valence-electron chi connectivity index (χ4n) is 4.71. The number of ether oxygens (including phenoxy) is 3. The molecule has 0 aliphatic heterocycles. The highest BCUT2D eigenvalue weighted by molar-refractivity contribution is 5.88. The van der Waals surface area contributed by atoms with Gasteiger partial charge in [0.2, 0.25) is 5.60 Å². The van der Waals surface area contributed by atoms with Crippen molar-refractivity contribution in [3.8, 4) is 0 Å². The summed E-state index contributed by atoms with van der Waals surface area (Å²) in [6, 6.07) is 0. The van der Waals surface area contributed by atoms with Gasteiger partial charge in [0.1, 0.15) is 0 Å². The van der Waals surface area contributed by atoms with Crippen molar-refractivity contribution in [3.63, 3.8) is 0 Å². The van der Waals surface area contributed by atoms with Gasteiger partial charge in [0, 0.05) is 12.5 Å². The molecule has 1 aliphatic rings. The van der Waals surface area contributed by atoms with E-state index in [0.717, 1.165) is 63.9 Å². The van der Waals surface area contributed by atoms with Gasteiger partial charge in [-0.3, -0.25) is 4.79 Å². The van der Waals surface area contributed by atoms with Crippen molar-refractivity contribution in [1.82, 2.24) is 0 Å². The zero-order chi connectivity index (χ0) is 25.2. The van der Waals surface area contributed by atoms with Gasteiger partial charge in [0.05, 0.1) is 19.1 Å². The third kappa shape index (κ3) is 11.1. The average Bonchev–Trinajstić information content (AvgIpc) is 2.84. The zero-order valence-electron chi connectivity index (χ0n) is 21.9. The van der Waals surface area contributed by atoms with E-state index in [0.29, 0.717) is 38.4 Å². The van der Waals surface area contributed by atoms with Crippen LogP contribution in [0.15, 0.2) is 12.7 Å². The third-order valence-corrected chi connectivity index (χ3v) is 6.73. The van der Waals surface area contributed by atoms with Gasteiger partial charge in [-0.1, -0.05) is 78.7 Å². The smallest absolute Gasteiger partial charge is 0.350 e. The Morgan fingerprint density at radius 2 is 1.65 bits per heavy atom. The van der Waals surface area contributed by atoms with Crippen LogP contribution in [0.1, 0.15) is 117 Å². The predicted molar refractivity (Wildman–Crippen MR) is 134 cm³/mol. The summed E-state index contributed by atoms with van der Waals surface area (Å²) in [5, 5.41) is 0. The predicted octanol–water partition coefficient (Wildman–Crippen LogP) is 6.70. The van der Waals surface area contributed by atoms with E-state index in [2.05, 4.69) is 27.4 Å². The van der Waals surface area contributed by atoms with Gasteiger partial charge < -0.3 is 14.2 Å². The molecule has 0 spiro atoms. The number of carbonyl (C=O) groups excluding carboxylic acids is 3. The van der Waals surface area contributed by atoms with Crippen LogP contribution in [0.2, 0.25) is 0 Å². The summed E-state index contributed by atoms with van der Waals surface area (Å²) in [5.41, 5.74) is -1.44. The van der Waals surface area contributed by atoms with E-state index < -0.39 is 23.5 Å². The molecule has 0 saturated heterocycles. The first-order chi connectivity index (χ1) is 16.4. The summed E-state index contributed by atoms with van der Waals surface area (Å²) in [7, 11) is 0. The molecule has 0 aromatic carbocycles. The molecule has 3 unspecified atom stereocenters. The van der Waals surface area contributed by atoms with Gasteiger partial charge in [0.15, 0.2) is 0 Å². The minimum Gasteiger partial charge on any atom is -0.465 e. The third-order valence-electron chi connectivity index (χ3n) is 6.73. The van der Waals surface area contributed by atoms with Crippen molar-refractivity contribution < 1.29 is 28.6 Å². The summed E-state index contributed by atoms with van der Waals surface area (Å²) in [6.45, 7) is 10.6. The quantitative estimate of drug-likeness (QED) is 0.0940. The second-order valence-corrected chi connectivity index (χ2v) is 9.74. The maximum Gasteiger partial charge on any atom is 0.350 e. The molecule has 0 radical (unpaired) electrons. The molecule has 6 heteroatoms. The van der Waals surface area contributed by atoms with Crippen molar-refractivity contribution in [1.29, 1.82) is 0 Å². The Balaban J connectivity index is 2.73. The van der Waals surface area contributed by atoms with E-state index in [9.17, 15) is 14.4 Å². The van der Waals surface area contributed by atoms with Crippen LogP contribution < -0.4 is 0 Å². The average molecular weight is 481 g/mol. The van der Waals surface area contributed by atoms with Gasteiger partial charge in [-0.25, -0.2) is 9.59 Å². The summed E-state index contributed by atoms with van der Waals surface area (Å²) in [4.78, 5) is 38.0. The van der Waals surface area contributed by atoms with Gasteiger partial charge in [-0.2, -0.15) is 0 Å². The molecule has 1 fully saturated rings. The normalized spacial score (nSPS) is 20.9. The highest BCUT2D eigenvalue weighted by atomic mass is 16.6. The molecule has 0 aromatic rings. The summed E-state index contributed by atoms with van der Waals surface area (Å²) in [6.07, 6.45) is 14.6. The Morgan fingerprint density at radius 3 is 2.32 bits per heavy atom. The van der Waals surface area contributed by atoms with E-state index in [-0.39, 0.29) is 12.4 Å². The molecular weight excluding hydrogens is 432 g/mol. The molecule has 1 aliphatic carbocycles. The molecule has 0 N–H and O–H groups in total. The van der Waals surface area contributed by atoms with Crippen LogP contribution in [0.3, 0.4) is 0 Å². The molecule has 6 nitrogen and oxygen atoms in total. The molecule has 0 heterocycles. The van der Waals surface area contributed by atoms with Crippen molar-refractivity contribution in [2.75, 3.05) is 13.2 Å². The fourth-order valence-corrected chi connectivity index (χ4v) is 4.71. The Hall–Kier alpha value is -1.85. The SMILES string of the molecule is C=CC(=O)OC1(C(=O)OCCCCCCC)CCCC(C(=O)OCC(CCC)CCCCC)C1. The minimum absolute atomic E-state index is 0.106. The molecular formula is C28H48O6. The number of carbonyl (C=O) groups is 3. The second-order valence-electron chi connectivity index (χ2n) is 9.74. The molecule has 0 aromatic heterocycles. The van der Waals surface area contributed by atoms with Crippen LogP contribution in [-0.2, 0) is 28.6 Å². The van der Waals surface area contributed by atoms with Crippen LogP contribution >= 0.6 is 0 Å². The summed E-state index contributed by atoms with van der Waals surface area (Å²) >= 11 is 0. The molecule has 0 amide bonds. The van der Waals surface area contributed by atoms with E-state index in [4.69, 9.17) is 14.2 Å². The van der Waals surface area contributed by atoms with Crippen LogP contribution in [0.4, 0.5) is 0 Å². The van der Waals surface area contributed by atoms with Gasteiger partial charge in [-0.05, 0) is 44.4 Å². The van der Waals surface area contributed by atoms with Gasteiger partial charge in [-0.15, -0.1) is 0 Å². The summed E-state index contributed by atoms with van der Waals surface area (Å²) in [5.74, 6) is -1.65. The highest BCUT2D eigenvalue weighted by Gasteiger charge is 2.49. The molecule has 1 saturated carbocycles. The van der Waals surface area contributed by atoms with Gasteiger partial charge >= 0.3 is 17.9 Å². The van der Waals surface area contributed by atoms with E-state index in [1.165, 1.54) is 12.8 Å². The maximum atomic E-state index is 13.0. The number of hydrogen-bond acceptors (Lipinski definition) is 6. The van der Waals surface area contributed by atoms with Crippen molar-refractivity contribution in [2.45, 2.75) is 123 Å². The number of hydrogen-bond donors (Lipinski definition) is 0. The van der Waals surface area contributed by atoms with Crippen LogP contribution in [0.25, 0.3) is 0 Å². The Bertz CT molecular complexity index is 616. The van der Waals surface area contributed by atoms with Crippen LogP contribution in [0.5, 0.6) is 0 Å². The molecule has 1 rings (SSSR count). The lowest BCUT2D eigenvalue weighted by Gasteiger charge is -2.37. The fraction of sp³-hybridized carbons (Fsp3) is 0.821. The Labute approximate surface area is 207 Å². The summed E-state index contributed by atoms with van der Waals surface area (Å²) < 4.78 is 16.8. The van der Waals surface area contributed by atoms with Crippen LogP contribution in [-0.4, -0.2) is 36.7 Å². The molecule has 34 heavy (non-hydrogen) atoms. The van der Waals surface area contributed by atoms with E-state index >= 15 is 0 Å². The standard InChI is InChI=1S/C28H48O6/c1-5-9-11-12-14-20-32-27(31)28(34-25(29)8-4)19-15-18-24(21-28)26(30)33-22-23(16-7-3)17-13-10-6-2/h8,23-24H,4-7,9-22H2,1-3H3. The number of rotatable bonds is 18. The lowest BCUT2D eigenvalue weighted by molar-refractivity contribution is -0.188. The first kappa shape index (κ1) is 30.2. The topological polar surface area (TPSA) is 78.9 Å². The minimum atomic E-state index is -1.44. The molecule has 196 valence electrons. The van der Waals surface area contributed by atoms with Crippen molar-refractivity contribution >= 4 is 17.9 Å². The zero-order valence-corrected chi connectivity index (χ0v) is 21.9. The van der Waals surface area contributed by atoms with Crippen molar-refractivity contribution in [3.05, 3.63) is 12.7 Å². The molecule has 3 atom stereocenters. The van der Waals surface area contributed by atoms with Crippen molar-refractivity contribution in [2.24, 2.45) is 11.8 Å². The monoisotopic (exact) mass is 480 g/mol. The Morgan fingerprint density at radius 1 is 0.941 bits per heavy atom. The van der Waals surface area contributed by atoms with Gasteiger partial charge in [0.25, 0.3) is 0 Å². The maximum absolute atomic E-state index is 13.0.